The second-order valence-electron chi connectivity index (χ2n) is 4.75. The maximum atomic E-state index is 12.2. The molecule has 0 saturated carbocycles. The van der Waals surface area contributed by atoms with Crippen molar-refractivity contribution in [2.45, 2.75) is 6.92 Å². The van der Waals surface area contributed by atoms with E-state index in [-0.39, 0.29) is 5.91 Å². The van der Waals surface area contributed by atoms with Gasteiger partial charge in [0.25, 0.3) is 5.91 Å². The number of carbonyl (C=O) groups excluding carboxylic acids is 1. The summed E-state index contributed by atoms with van der Waals surface area (Å²) in [6.07, 6.45) is 5.86. The molecule has 2 heterocycles. The van der Waals surface area contributed by atoms with Crippen molar-refractivity contribution >= 4 is 17.4 Å². The lowest BCUT2D eigenvalue weighted by Crippen LogP contribution is -3.11. The van der Waals surface area contributed by atoms with Crippen molar-refractivity contribution in [2.75, 3.05) is 18.5 Å². The minimum atomic E-state index is -0.165. The highest BCUT2D eigenvalue weighted by atomic mass is 16.2. The largest absolute Gasteiger partial charge is 0.331 e. The molecule has 2 aliphatic heterocycles. The highest BCUT2D eigenvalue weighted by Gasteiger charge is 2.29. The molecule has 1 aromatic carbocycles. The molecule has 0 aliphatic carbocycles. The molecule has 0 saturated heterocycles. The van der Waals surface area contributed by atoms with Crippen LogP contribution < -0.4 is 10.2 Å². The Labute approximate surface area is 117 Å². The Kier molecular flexibility index (Phi) is 3.35. The number of amides is 1. The predicted octanol–water partition coefficient (Wildman–Crippen LogP) is 0.570. The lowest BCUT2D eigenvalue weighted by atomic mass is 10.3. The van der Waals surface area contributed by atoms with Gasteiger partial charge in [0.05, 0.1) is 0 Å². The second-order valence-corrected chi connectivity index (χ2v) is 4.75. The fraction of sp³-hybridized carbons (Fsp3) is 0.200. The average molecular weight is 269 g/mol. The van der Waals surface area contributed by atoms with Crippen molar-refractivity contribution in [2.24, 2.45) is 4.99 Å². The van der Waals surface area contributed by atoms with Crippen molar-refractivity contribution in [3.05, 3.63) is 54.5 Å². The van der Waals surface area contributed by atoms with E-state index in [1.807, 2.05) is 48.8 Å². The Morgan fingerprint density at radius 3 is 2.95 bits per heavy atom. The van der Waals surface area contributed by atoms with E-state index < -0.39 is 0 Å². The van der Waals surface area contributed by atoms with Crippen LogP contribution in [0.1, 0.15) is 6.92 Å². The molecule has 102 valence electrons. The first kappa shape index (κ1) is 12.6. The zero-order valence-electron chi connectivity index (χ0n) is 11.3. The molecule has 0 radical (unpaired) electrons. The van der Waals surface area contributed by atoms with Crippen LogP contribution in [0.25, 0.3) is 0 Å². The second kappa shape index (κ2) is 5.30. The molecule has 20 heavy (non-hydrogen) atoms. The van der Waals surface area contributed by atoms with Crippen molar-refractivity contribution in [3.8, 4) is 0 Å². The molecule has 5 heteroatoms. The van der Waals surface area contributed by atoms with Gasteiger partial charge in [-0.1, -0.05) is 18.2 Å². The lowest BCUT2D eigenvalue weighted by molar-refractivity contribution is -0.758. The molecule has 0 aromatic heterocycles. The van der Waals surface area contributed by atoms with Gasteiger partial charge in [-0.15, -0.1) is 0 Å². The Morgan fingerprint density at radius 1 is 1.40 bits per heavy atom. The van der Waals surface area contributed by atoms with Crippen LogP contribution in [0.15, 0.2) is 59.5 Å². The smallest absolute Gasteiger partial charge is 0.280 e. The number of hydrogen-bond donors (Lipinski definition) is 2. The topological polar surface area (TPSA) is 49.1 Å². The van der Waals surface area contributed by atoms with Gasteiger partial charge in [-0.2, -0.15) is 4.99 Å². The number of benzene rings is 1. The van der Waals surface area contributed by atoms with Gasteiger partial charge in [-0.3, -0.25) is 4.79 Å². The summed E-state index contributed by atoms with van der Waals surface area (Å²) in [5.74, 6) is 0.731. The number of nitrogens with one attached hydrogen (secondary N) is 2. The predicted molar refractivity (Wildman–Crippen MR) is 77.9 cm³/mol. The molecule has 5 nitrogen and oxygen atoms in total. The van der Waals surface area contributed by atoms with Crippen molar-refractivity contribution < 1.29 is 9.69 Å². The van der Waals surface area contributed by atoms with E-state index >= 15 is 0 Å². The van der Waals surface area contributed by atoms with Gasteiger partial charge in [-0.25, -0.2) is 4.90 Å². The molecule has 0 fully saturated rings. The maximum Gasteiger partial charge on any atom is 0.280 e. The normalized spacial score (nSPS) is 20.2. The Hall–Kier alpha value is -2.40. The number of amidine groups is 1. The van der Waals surface area contributed by atoms with Crippen LogP contribution in [-0.4, -0.2) is 29.9 Å². The number of rotatable bonds is 3. The van der Waals surface area contributed by atoms with E-state index in [1.54, 1.807) is 0 Å². The molecule has 2 aliphatic rings. The van der Waals surface area contributed by atoms with Crippen LogP contribution in [-0.2, 0) is 4.79 Å². The summed E-state index contributed by atoms with van der Waals surface area (Å²) in [5.41, 5.74) is 1.26. The number of nitrogens with zero attached hydrogens (tertiary/aromatic N) is 2. The van der Waals surface area contributed by atoms with Gasteiger partial charge in [0, 0.05) is 24.5 Å². The summed E-state index contributed by atoms with van der Waals surface area (Å²) >= 11 is 0. The van der Waals surface area contributed by atoms with Gasteiger partial charge >= 0.3 is 0 Å². The zero-order chi connectivity index (χ0) is 13.9. The monoisotopic (exact) mass is 269 g/mol. The fourth-order valence-electron chi connectivity index (χ4n) is 2.24. The summed E-state index contributed by atoms with van der Waals surface area (Å²) < 4.78 is 0. The van der Waals surface area contributed by atoms with Crippen LogP contribution in [0.5, 0.6) is 0 Å². The first-order chi connectivity index (χ1) is 9.76. The number of anilines is 1. The summed E-state index contributed by atoms with van der Waals surface area (Å²) in [4.78, 5) is 19.8. The van der Waals surface area contributed by atoms with E-state index in [2.05, 4.69) is 22.1 Å². The molecule has 3 rings (SSSR count). The number of fused-ring (bicyclic) bond motifs is 1. The number of para-hydroxylation sites is 1. The fourth-order valence-corrected chi connectivity index (χ4v) is 2.24. The van der Waals surface area contributed by atoms with Crippen molar-refractivity contribution in [1.82, 2.24) is 4.90 Å². The quantitative estimate of drug-likeness (QED) is 0.843. The van der Waals surface area contributed by atoms with E-state index in [0.717, 1.165) is 29.6 Å². The third-order valence-electron chi connectivity index (χ3n) is 3.37. The number of aliphatic imine (C=N–C) groups is 1. The molecule has 1 atom stereocenters. The standard InChI is InChI=1S/C15H16N4O/c1-2-18-9-8-14-17-13(10-19(14)11-18)15(20)16-12-6-4-3-5-7-12/h3-10H,2,11H2,1H3,(H,16,20)/p+1. The maximum absolute atomic E-state index is 12.2. The summed E-state index contributed by atoms with van der Waals surface area (Å²) in [6, 6.07) is 9.42. The van der Waals surface area contributed by atoms with Crippen LogP contribution in [0.3, 0.4) is 0 Å². The summed E-state index contributed by atoms with van der Waals surface area (Å²) in [7, 11) is 0. The molecular weight excluding hydrogens is 252 g/mol. The number of carbonyl (C=O) groups is 1. The third kappa shape index (κ3) is 2.48. The van der Waals surface area contributed by atoms with Gasteiger partial charge < -0.3 is 10.2 Å². The number of quaternary nitrogens is 1. The van der Waals surface area contributed by atoms with E-state index in [9.17, 15) is 4.79 Å². The van der Waals surface area contributed by atoms with Gasteiger partial charge in [-0.05, 0) is 19.1 Å². The molecule has 1 unspecified atom stereocenters. The Morgan fingerprint density at radius 2 is 2.20 bits per heavy atom. The Bertz CT molecular complexity index is 604. The van der Waals surface area contributed by atoms with Crippen molar-refractivity contribution in [3.63, 3.8) is 0 Å². The van der Waals surface area contributed by atoms with Crippen LogP contribution in [0.2, 0.25) is 0 Å². The average Bonchev–Trinajstić information content (AvgIpc) is 2.91. The Balaban J connectivity index is 1.72. The zero-order valence-corrected chi connectivity index (χ0v) is 11.3. The third-order valence-corrected chi connectivity index (χ3v) is 3.37. The van der Waals surface area contributed by atoms with Crippen LogP contribution >= 0.6 is 0 Å². The van der Waals surface area contributed by atoms with E-state index in [4.69, 9.17) is 0 Å². The highest BCUT2D eigenvalue weighted by molar-refractivity contribution is 6.06. The van der Waals surface area contributed by atoms with E-state index in [0.29, 0.717) is 5.70 Å². The molecular formula is C15H17N4O+. The van der Waals surface area contributed by atoms with Gasteiger partial charge in [0.2, 0.25) is 5.84 Å². The van der Waals surface area contributed by atoms with Crippen LogP contribution in [0, 0.1) is 0 Å². The minimum Gasteiger partial charge on any atom is -0.331 e. The molecule has 0 spiro atoms. The highest BCUT2D eigenvalue weighted by Crippen LogP contribution is 2.10. The summed E-state index contributed by atoms with van der Waals surface area (Å²) in [6.45, 7) is 3.87. The van der Waals surface area contributed by atoms with Crippen molar-refractivity contribution in [1.29, 1.82) is 0 Å². The first-order valence-electron chi connectivity index (χ1n) is 6.71. The number of hydrogen-bond acceptors (Lipinski definition) is 3. The van der Waals surface area contributed by atoms with E-state index in [1.165, 1.54) is 0 Å². The van der Waals surface area contributed by atoms with Crippen LogP contribution in [0.4, 0.5) is 5.69 Å². The lowest BCUT2D eigenvalue weighted by Gasteiger charge is -2.24. The van der Waals surface area contributed by atoms with Gasteiger partial charge in [0.15, 0.2) is 12.4 Å². The van der Waals surface area contributed by atoms with Gasteiger partial charge in [0.1, 0.15) is 6.20 Å². The molecule has 1 aromatic rings. The SMILES string of the molecule is CCN1C=CC2=NC(C(=O)Nc3ccccc3)=C[NH+]2C1. The summed E-state index contributed by atoms with van der Waals surface area (Å²) in [5, 5.41) is 2.85. The molecule has 0 bridgehead atoms. The molecule has 2 N–H and O–H groups in total. The molecule has 1 amide bonds. The minimum absolute atomic E-state index is 0.165. The first-order valence-corrected chi connectivity index (χ1v) is 6.71.